The SMILES string of the molecule is Cc1nccn1CCCn1c(-c2ccc(F)cc2)c(-c2ccccc2)c(C(=O)Nc2ccccc2)c1C(C)C. The molecule has 5 aromatic rings. The second kappa shape index (κ2) is 11.5. The third-order valence-electron chi connectivity index (χ3n) is 6.99. The molecule has 0 bridgehead atoms. The number of nitrogens with zero attached hydrogens (tertiary/aromatic N) is 3. The summed E-state index contributed by atoms with van der Waals surface area (Å²) in [4.78, 5) is 18.4. The van der Waals surface area contributed by atoms with Crippen molar-refractivity contribution in [3.8, 4) is 22.4 Å². The van der Waals surface area contributed by atoms with Gasteiger partial charge in [-0.05, 0) is 66.8 Å². The number of aryl methyl sites for hydroxylation is 2. The third kappa shape index (κ3) is 5.55. The van der Waals surface area contributed by atoms with Crippen LogP contribution >= 0.6 is 0 Å². The molecular formula is C33H33FN4O. The molecule has 198 valence electrons. The Bertz CT molecular complexity index is 1550. The first-order valence-corrected chi connectivity index (χ1v) is 13.4. The fourth-order valence-corrected chi connectivity index (χ4v) is 5.25. The van der Waals surface area contributed by atoms with E-state index in [0.717, 1.165) is 52.6 Å². The van der Waals surface area contributed by atoms with E-state index in [1.807, 2.05) is 80.0 Å². The number of hydrogen-bond acceptors (Lipinski definition) is 2. The Labute approximate surface area is 229 Å². The monoisotopic (exact) mass is 520 g/mol. The molecule has 0 radical (unpaired) electrons. The van der Waals surface area contributed by atoms with E-state index in [0.29, 0.717) is 12.1 Å². The minimum atomic E-state index is -0.292. The summed E-state index contributed by atoms with van der Waals surface area (Å²) in [5, 5.41) is 3.13. The Morgan fingerprint density at radius 1 is 0.897 bits per heavy atom. The van der Waals surface area contributed by atoms with E-state index in [1.165, 1.54) is 12.1 Å². The van der Waals surface area contributed by atoms with Gasteiger partial charge in [0.15, 0.2) is 0 Å². The number of aromatic nitrogens is 3. The van der Waals surface area contributed by atoms with Gasteiger partial charge in [0.2, 0.25) is 0 Å². The predicted molar refractivity (Wildman–Crippen MR) is 155 cm³/mol. The largest absolute Gasteiger partial charge is 0.343 e. The molecule has 0 fully saturated rings. The highest BCUT2D eigenvalue weighted by Gasteiger charge is 2.30. The van der Waals surface area contributed by atoms with Crippen LogP contribution in [0.2, 0.25) is 0 Å². The zero-order valence-corrected chi connectivity index (χ0v) is 22.6. The van der Waals surface area contributed by atoms with Gasteiger partial charge in [0.1, 0.15) is 11.6 Å². The van der Waals surface area contributed by atoms with Crippen molar-refractivity contribution in [3.63, 3.8) is 0 Å². The van der Waals surface area contributed by atoms with Gasteiger partial charge in [-0.15, -0.1) is 0 Å². The molecule has 1 amide bonds. The van der Waals surface area contributed by atoms with Gasteiger partial charge in [0, 0.05) is 42.4 Å². The summed E-state index contributed by atoms with van der Waals surface area (Å²) in [7, 11) is 0. The number of benzene rings is 3. The van der Waals surface area contributed by atoms with E-state index in [4.69, 9.17) is 0 Å². The first kappa shape index (κ1) is 26.2. The molecule has 0 aliphatic rings. The molecule has 6 heteroatoms. The van der Waals surface area contributed by atoms with Gasteiger partial charge in [0.05, 0.1) is 11.3 Å². The molecular weight excluding hydrogens is 487 g/mol. The number of anilines is 1. The van der Waals surface area contributed by atoms with Crippen LogP contribution in [-0.2, 0) is 13.1 Å². The quantitative estimate of drug-likeness (QED) is 0.215. The molecule has 5 rings (SSSR count). The number of rotatable bonds is 9. The van der Waals surface area contributed by atoms with Gasteiger partial charge < -0.3 is 14.5 Å². The van der Waals surface area contributed by atoms with Crippen LogP contribution in [0.15, 0.2) is 97.3 Å². The van der Waals surface area contributed by atoms with Gasteiger partial charge in [0.25, 0.3) is 5.91 Å². The number of halogens is 1. The lowest BCUT2D eigenvalue weighted by Gasteiger charge is -2.18. The second-order valence-electron chi connectivity index (χ2n) is 10.0. The Balaban J connectivity index is 1.71. The highest BCUT2D eigenvalue weighted by molar-refractivity contribution is 6.12. The minimum Gasteiger partial charge on any atom is -0.343 e. The van der Waals surface area contributed by atoms with E-state index in [-0.39, 0.29) is 17.6 Å². The first-order valence-electron chi connectivity index (χ1n) is 13.4. The third-order valence-corrected chi connectivity index (χ3v) is 6.99. The molecule has 1 N–H and O–H groups in total. The van der Waals surface area contributed by atoms with Crippen molar-refractivity contribution >= 4 is 11.6 Å². The number of carbonyl (C=O) groups is 1. The average Bonchev–Trinajstić information content (AvgIpc) is 3.51. The lowest BCUT2D eigenvalue weighted by Crippen LogP contribution is -2.17. The molecule has 0 aliphatic carbocycles. The van der Waals surface area contributed by atoms with Gasteiger partial charge >= 0.3 is 0 Å². The summed E-state index contributed by atoms with van der Waals surface area (Å²) >= 11 is 0. The molecule has 0 aliphatic heterocycles. The van der Waals surface area contributed by atoms with Crippen LogP contribution in [0.4, 0.5) is 10.1 Å². The molecule has 0 unspecified atom stereocenters. The van der Waals surface area contributed by atoms with Crippen molar-refractivity contribution in [2.75, 3.05) is 5.32 Å². The fourth-order valence-electron chi connectivity index (χ4n) is 5.25. The highest BCUT2D eigenvalue weighted by Crippen LogP contribution is 2.42. The highest BCUT2D eigenvalue weighted by atomic mass is 19.1. The van der Waals surface area contributed by atoms with Crippen LogP contribution in [0, 0.1) is 12.7 Å². The van der Waals surface area contributed by atoms with Gasteiger partial charge in [-0.2, -0.15) is 0 Å². The van der Waals surface area contributed by atoms with Crippen molar-refractivity contribution in [3.05, 3.63) is 120 Å². The summed E-state index contributed by atoms with van der Waals surface area (Å²) in [5.41, 5.74) is 5.95. The Morgan fingerprint density at radius 3 is 2.18 bits per heavy atom. The first-order chi connectivity index (χ1) is 18.9. The molecule has 5 nitrogen and oxygen atoms in total. The smallest absolute Gasteiger partial charge is 0.258 e. The Morgan fingerprint density at radius 2 is 1.56 bits per heavy atom. The lowest BCUT2D eigenvalue weighted by atomic mass is 9.94. The maximum atomic E-state index is 14.1. The zero-order valence-electron chi connectivity index (χ0n) is 22.6. The maximum absolute atomic E-state index is 14.1. The number of nitrogens with one attached hydrogen (secondary N) is 1. The van der Waals surface area contributed by atoms with E-state index < -0.39 is 0 Å². The summed E-state index contributed by atoms with van der Waals surface area (Å²) < 4.78 is 18.4. The van der Waals surface area contributed by atoms with Crippen molar-refractivity contribution in [1.29, 1.82) is 0 Å². The van der Waals surface area contributed by atoms with Crippen LogP contribution in [0.3, 0.4) is 0 Å². The van der Waals surface area contributed by atoms with Crippen molar-refractivity contribution in [2.45, 2.75) is 46.2 Å². The molecule has 2 heterocycles. The predicted octanol–water partition coefficient (Wildman–Crippen LogP) is 7.93. The Hall–Kier alpha value is -4.45. The van der Waals surface area contributed by atoms with Crippen molar-refractivity contribution in [1.82, 2.24) is 14.1 Å². The van der Waals surface area contributed by atoms with Crippen LogP contribution in [-0.4, -0.2) is 20.0 Å². The minimum absolute atomic E-state index is 0.0631. The zero-order chi connectivity index (χ0) is 27.4. The van der Waals surface area contributed by atoms with Crippen LogP contribution in [0.5, 0.6) is 0 Å². The van der Waals surface area contributed by atoms with Crippen LogP contribution in [0.25, 0.3) is 22.4 Å². The number of hydrogen-bond donors (Lipinski definition) is 1. The van der Waals surface area contributed by atoms with E-state index in [1.54, 1.807) is 12.1 Å². The van der Waals surface area contributed by atoms with Gasteiger partial charge in [-0.25, -0.2) is 9.37 Å². The maximum Gasteiger partial charge on any atom is 0.258 e. The van der Waals surface area contributed by atoms with Crippen molar-refractivity contribution < 1.29 is 9.18 Å². The van der Waals surface area contributed by atoms with Gasteiger partial charge in [-0.1, -0.05) is 62.4 Å². The van der Waals surface area contributed by atoms with Crippen molar-refractivity contribution in [2.24, 2.45) is 0 Å². The summed E-state index contributed by atoms with van der Waals surface area (Å²) in [5.74, 6) is 0.586. The normalized spacial score (nSPS) is 11.2. The molecule has 39 heavy (non-hydrogen) atoms. The Kier molecular flexibility index (Phi) is 7.73. The summed E-state index contributed by atoms with van der Waals surface area (Å²) in [6.45, 7) is 7.73. The topological polar surface area (TPSA) is 51.9 Å². The second-order valence-corrected chi connectivity index (χ2v) is 10.0. The molecule has 3 aromatic carbocycles. The van der Waals surface area contributed by atoms with Gasteiger partial charge in [-0.3, -0.25) is 4.79 Å². The lowest BCUT2D eigenvalue weighted by molar-refractivity contribution is 0.102. The molecule has 2 aromatic heterocycles. The standard InChI is InChI=1S/C33H33FN4O/c1-23(2)31-30(33(39)36-28-13-8-5-9-14-28)29(25-11-6-4-7-12-25)32(26-15-17-27(34)18-16-26)38(31)21-10-20-37-22-19-35-24(37)3/h4-9,11-19,22-23H,10,20-21H2,1-3H3,(H,36,39). The van der Waals surface area contributed by atoms with E-state index in [9.17, 15) is 9.18 Å². The summed E-state index contributed by atoms with van der Waals surface area (Å²) in [6, 6.07) is 26.1. The summed E-state index contributed by atoms with van der Waals surface area (Å²) in [6.07, 6.45) is 4.64. The number of carbonyl (C=O) groups excluding carboxylic acids is 1. The number of para-hydroxylation sites is 1. The average molecular weight is 521 g/mol. The molecule has 0 saturated heterocycles. The van der Waals surface area contributed by atoms with E-state index >= 15 is 0 Å². The molecule has 0 atom stereocenters. The molecule has 0 spiro atoms. The van der Waals surface area contributed by atoms with Crippen LogP contribution < -0.4 is 5.32 Å². The number of imidazole rings is 1. The van der Waals surface area contributed by atoms with E-state index in [2.05, 4.69) is 33.3 Å². The van der Waals surface area contributed by atoms with Crippen LogP contribution in [0.1, 0.15) is 48.1 Å². The molecule has 0 saturated carbocycles. The number of amides is 1. The fraction of sp³-hybridized carbons (Fsp3) is 0.212.